The summed E-state index contributed by atoms with van der Waals surface area (Å²) in [5.41, 5.74) is -0.981. The minimum atomic E-state index is -4.63. The van der Waals surface area contributed by atoms with Gasteiger partial charge in [-0.2, -0.15) is 30.6 Å². The van der Waals surface area contributed by atoms with E-state index in [4.69, 9.17) is 0 Å². The maximum atomic E-state index is 12.1. The van der Waals surface area contributed by atoms with Crippen LogP contribution in [0.2, 0.25) is 0 Å². The first kappa shape index (κ1) is 18.2. The summed E-state index contributed by atoms with van der Waals surface area (Å²) in [6.07, 6.45) is -3.36. The number of hydrogen-bond donors (Lipinski definition) is 2. The van der Waals surface area contributed by atoms with Crippen LogP contribution in [-0.4, -0.2) is 49.6 Å². The van der Waals surface area contributed by atoms with Crippen LogP contribution in [0.3, 0.4) is 0 Å². The minimum Gasteiger partial charge on any atom is -0.481 e. The number of halogens is 3. The second kappa shape index (κ2) is 6.49. The maximum Gasteiger partial charge on any atom is 0.402 e. The molecule has 0 aromatic heterocycles. The standard InChI is InChI=1S/C11H19F3N2O4S/c1-2-3-10(9(17)18)4-6-16(7-5-10)21(19,20)15-8-11(12,13)14/h15H,2-8H2,1H3,(H,17,18). The van der Waals surface area contributed by atoms with Crippen molar-refractivity contribution < 1.29 is 31.5 Å². The number of alkyl halides is 3. The zero-order valence-electron chi connectivity index (χ0n) is 11.6. The highest BCUT2D eigenvalue weighted by atomic mass is 32.2. The van der Waals surface area contributed by atoms with Crippen molar-refractivity contribution in [3.63, 3.8) is 0 Å². The number of carboxylic acids is 1. The molecule has 10 heteroatoms. The Morgan fingerprint density at radius 2 is 1.86 bits per heavy atom. The van der Waals surface area contributed by atoms with E-state index in [0.717, 1.165) is 4.31 Å². The van der Waals surface area contributed by atoms with Crippen LogP contribution in [0.4, 0.5) is 13.2 Å². The maximum absolute atomic E-state index is 12.1. The number of aliphatic carboxylic acids is 1. The normalized spacial score (nSPS) is 20.4. The molecule has 124 valence electrons. The van der Waals surface area contributed by atoms with Crippen molar-refractivity contribution in [2.45, 2.75) is 38.8 Å². The Labute approximate surface area is 121 Å². The van der Waals surface area contributed by atoms with Crippen molar-refractivity contribution in [2.24, 2.45) is 5.41 Å². The zero-order chi connectivity index (χ0) is 16.3. The summed E-state index contributed by atoms with van der Waals surface area (Å²) in [5.74, 6) is -0.982. The van der Waals surface area contributed by atoms with Crippen molar-refractivity contribution in [3.05, 3.63) is 0 Å². The van der Waals surface area contributed by atoms with Crippen LogP contribution in [0.1, 0.15) is 32.6 Å². The van der Waals surface area contributed by atoms with Gasteiger partial charge in [-0.15, -0.1) is 0 Å². The van der Waals surface area contributed by atoms with Crippen LogP contribution >= 0.6 is 0 Å². The lowest BCUT2D eigenvalue weighted by molar-refractivity contribution is -0.152. The van der Waals surface area contributed by atoms with Gasteiger partial charge in [-0.05, 0) is 19.3 Å². The average molecular weight is 332 g/mol. The zero-order valence-corrected chi connectivity index (χ0v) is 12.4. The minimum absolute atomic E-state index is 0.0977. The molecule has 21 heavy (non-hydrogen) atoms. The van der Waals surface area contributed by atoms with Crippen molar-refractivity contribution in [1.29, 1.82) is 0 Å². The van der Waals surface area contributed by atoms with Gasteiger partial charge in [-0.3, -0.25) is 4.79 Å². The molecule has 1 saturated heterocycles. The van der Waals surface area contributed by atoms with Gasteiger partial charge in [0.15, 0.2) is 0 Å². The van der Waals surface area contributed by atoms with E-state index in [1.165, 1.54) is 4.72 Å². The first-order chi connectivity index (χ1) is 9.52. The van der Waals surface area contributed by atoms with E-state index < -0.39 is 34.3 Å². The molecule has 2 N–H and O–H groups in total. The van der Waals surface area contributed by atoms with E-state index in [2.05, 4.69) is 0 Å². The lowest BCUT2D eigenvalue weighted by Gasteiger charge is -2.38. The van der Waals surface area contributed by atoms with Crippen molar-refractivity contribution >= 4 is 16.2 Å². The molecule has 6 nitrogen and oxygen atoms in total. The van der Waals surface area contributed by atoms with Crippen LogP contribution < -0.4 is 4.72 Å². The van der Waals surface area contributed by atoms with Gasteiger partial charge in [-0.25, -0.2) is 0 Å². The molecule has 1 aliphatic heterocycles. The summed E-state index contributed by atoms with van der Waals surface area (Å²) in [5, 5.41) is 9.29. The van der Waals surface area contributed by atoms with Crippen LogP contribution in [0.15, 0.2) is 0 Å². The van der Waals surface area contributed by atoms with Gasteiger partial charge in [0, 0.05) is 13.1 Å². The monoisotopic (exact) mass is 332 g/mol. The Kier molecular flexibility index (Phi) is 5.62. The summed E-state index contributed by atoms with van der Waals surface area (Å²) >= 11 is 0. The van der Waals surface area contributed by atoms with E-state index in [1.807, 2.05) is 6.92 Å². The summed E-state index contributed by atoms with van der Waals surface area (Å²) < 4.78 is 62.0. The Morgan fingerprint density at radius 3 is 2.24 bits per heavy atom. The molecule has 0 aliphatic carbocycles. The molecule has 0 atom stereocenters. The van der Waals surface area contributed by atoms with Gasteiger partial charge in [-0.1, -0.05) is 13.3 Å². The van der Waals surface area contributed by atoms with Crippen LogP contribution in [0, 0.1) is 5.41 Å². The van der Waals surface area contributed by atoms with E-state index in [1.54, 1.807) is 0 Å². The van der Waals surface area contributed by atoms with E-state index in [9.17, 15) is 31.5 Å². The third-order valence-corrected chi connectivity index (χ3v) is 5.21. The van der Waals surface area contributed by atoms with Gasteiger partial charge in [0.25, 0.3) is 10.2 Å². The number of piperidine rings is 1. The predicted octanol–water partition coefficient (Wildman–Crippen LogP) is 1.35. The van der Waals surface area contributed by atoms with Crippen molar-refractivity contribution in [1.82, 2.24) is 9.03 Å². The Morgan fingerprint density at radius 1 is 1.33 bits per heavy atom. The quantitative estimate of drug-likeness (QED) is 0.769. The van der Waals surface area contributed by atoms with Crippen LogP contribution in [-0.2, 0) is 15.0 Å². The largest absolute Gasteiger partial charge is 0.481 e. The molecule has 0 saturated carbocycles. The van der Waals surface area contributed by atoms with Crippen molar-refractivity contribution in [3.8, 4) is 0 Å². The summed E-state index contributed by atoms with van der Waals surface area (Å²) in [7, 11) is -4.24. The van der Waals surface area contributed by atoms with Gasteiger partial charge in [0.05, 0.1) is 5.41 Å². The van der Waals surface area contributed by atoms with E-state index in [0.29, 0.717) is 12.8 Å². The molecule has 0 spiro atoms. The van der Waals surface area contributed by atoms with Gasteiger partial charge < -0.3 is 5.11 Å². The Bertz CT molecular complexity index is 470. The third-order valence-electron chi connectivity index (χ3n) is 3.66. The topological polar surface area (TPSA) is 86.7 Å². The highest BCUT2D eigenvalue weighted by Crippen LogP contribution is 2.37. The summed E-state index contributed by atoms with van der Waals surface area (Å²) in [4.78, 5) is 11.3. The smallest absolute Gasteiger partial charge is 0.402 e. The van der Waals surface area contributed by atoms with Crippen LogP contribution in [0.5, 0.6) is 0 Å². The highest BCUT2D eigenvalue weighted by molar-refractivity contribution is 7.87. The first-order valence-electron chi connectivity index (χ1n) is 6.57. The molecule has 0 bridgehead atoms. The molecule has 1 fully saturated rings. The number of hydrogen-bond acceptors (Lipinski definition) is 3. The van der Waals surface area contributed by atoms with Gasteiger partial charge in [0.1, 0.15) is 6.54 Å². The van der Waals surface area contributed by atoms with Gasteiger partial charge in [0.2, 0.25) is 0 Å². The lowest BCUT2D eigenvalue weighted by atomic mass is 9.75. The third kappa shape index (κ3) is 4.82. The SMILES string of the molecule is CCCC1(C(=O)O)CCN(S(=O)(=O)NCC(F)(F)F)CC1. The Hall–Kier alpha value is -0.870. The van der Waals surface area contributed by atoms with Crippen molar-refractivity contribution in [2.75, 3.05) is 19.6 Å². The van der Waals surface area contributed by atoms with E-state index in [-0.39, 0.29) is 25.9 Å². The van der Waals surface area contributed by atoms with E-state index >= 15 is 0 Å². The number of carbonyl (C=O) groups is 1. The number of nitrogens with zero attached hydrogens (tertiary/aromatic N) is 1. The van der Waals surface area contributed by atoms with Gasteiger partial charge >= 0.3 is 12.1 Å². The number of carboxylic acid groups (broad SMARTS) is 1. The molecule has 0 aromatic carbocycles. The molecule has 0 radical (unpaired) electrons. The first-order valence-corrected chi connectivity index (χ1v) is 8.01. The lowest BCUT2D eigenvalue weighted by Crippen LogP contribution is -2.51. The molecule has 1 heterocycles. The number of rotatable bonds is 6. The average Bonchev–Trinajstić information content (AvgIpc) is 2.36. The molecular formula is C11H19F3N2O4S. The molecular weight excluding hydrogens is 313 g/mol. The second-order valence-corrected chi connectivity index (χ2v) is 6.93. The predicted molar refractivity (Wildman–Crippen MR) is 68.8 cm³/mol. The second-order valence-electron chi connectivity index (χ2n) is 5.18. The fraction of sp³-hybridized carbons (Fsp3) is 0.909. The molecule has 0 aromatic rings. The highest BCUT2D eigenvalue weighted by Gasteiger charge is 2.43. The molecule has 0 unspecified atom stereocenters. The molecule has 1 aliphatic rings. The molecule has 0 amide bonds. The van der Waals surface area contributed by atoms with Crippen LogP contribution in [0.25, 0.3) is 0 Å². The fourth-order valence-corrected chi connectivity index (χ4v) is 3.66. The number of nitrogens with one attached hydrogen (secondary N) is 1. The summed E-state index contributed by atoms with van der Waals surface area (Å²) in [6, 6.07) is 0. The molecule has 1 rings (SSSR count). The summed E-state index contributed by atoms with van der Waals surface area (Å²) in [6.45, 7) is 0.00252. The fourth-order valence-electron chi connectivity index (χ4n) is 2.47. The Balaban J connectivity index is 2.69.